The molecule has 0 aliphatic rings. The monoisotopic (exact) mass is 220 g/mol. The zero-order valence-electron chi connectivity index (χ0n) is 10.7. The smallest absolute Gasteiger partial charge is 0.309 e. The molecule has 0 saturated heterocycles. The van der Waals surface area contributed by atoms with Gasteiger partial charge in [0.1, 0.15) is 0 Å². The van der Waals surface area contributed by atoms with Crippen LogP contribution in [0, 0.1) is 26.2 Å². The zero-order valence-corrected chi connectivity index (χ0v) is 10.7. The van der Waals surface area contributed by atoms with Gasteiger partial charge >= 0.3 is 5.97 Å². The fourth-order valence-corrected chi connectivity index (χ4v) is 2.01. The molecule has 0 aliphatic heterocycles. The third-order valence-electron chi connectivity index (χ3n) is 3.04. The molecule has 1 N–H and O–H groups in total. The molecule has 2 nitrogen and oxygen atoms in total. The molecule has 1 aromatic carbocycles. The highest BCUT2D eigenvalue weighted by Gasteiger charge is 2.28. The molecule has 0 aliphatic carbocycles. The molecule has 1 rings (SSSR count). The first-order valence-corrected chi connectivity index (χ1v) is 5.54. The highest BCUT2D eigenvalue weighted by Crippen LogP contribution is 2.27. The van der Waals surface area contributed by atoms with E-state index in [1.165, 1.54) is 16.7 Å². The summed E-state index contributed by atoms with van der Waals surface area (Å²) < 4.78 is 0. The molecule has 0 atom stereocenters. The quantitative estimate of drug-likeness (QED) is 0.848. The van der Waals surface area contributed by atoms with Crippen LogP contribution in [0.5, 0.6) is 0 Å². The van der Waals surface area contributed by atoms with Crippen molar-refractivity contribution in [1.29, 1.82) is 0 Å². The lowest BCUT2D eigenvalue weighted by atomic mass is 9.82. The third-order valence-corrected chi connectivity index (χ3v) is 3.04. The molecule has 0 fully saturated rings. The van der Waals surface area contributed by atoms with Gasteiger partial charge in [-0.05, 0) is 57.7 Å². The number of carboxylic acid groups (broad SMARTS) is 1. The lowest BCUT2D eigenvalue weighted by Crippen LogP contribution is -2.27. The molecule has 0 amide bonds. The van der Waals surface area contributed by atoms with Crippen molar-refractivity contribution in [3.8, 4) is 0 Å². The number of aryl methyl sites for hydroxylation is 3. The van der Waals surface area contributed by atoms with Gasteiger partial charge in [0.25, 0.3) is 0 Å². The zero-order chi connectivity index (χ0) is 12.5. The Morgan fingerprint density at radius 3 is 2.00 bits per heavy atom. The highest BCUT2D eigenvalue weighted by molar-refractivity contribution is 5.74. The number of carboxylic acids is 1. The summed E-state index contributed by atoms with van der Waals surface area (Å²) in [5, 5.41) is 9.14. The topological polar surface area (TPSA) is 37.3 Å². The Morgan fingerprint density at radius 1 is 1.19 bits per heavy atom. The van der Waals surface area contributed by atoms with E-state index in [0.29, 0.717) is 6.42 Å². The van der Waals surface area contributed by atoms with Gasteiger partial charge in [0.15, 0.2) is 0 Å². The van der Waals surface area contributed by atoms with Gasteiger partial charge in [0, 0.05) is 0 Å². The standard InChI is InChI=1S/C14H20O2/c1-9-6-10(2)12(11(3)7-9)8-14(4,5)13(15)16/h6-7H,8H2,1-5H3,(H,15,16). The van der Waals surface area contributed by atoms with Crippen molar-refractivity contribution in [2.45, 2.75) is 41.0 Å². The highest BCUT2D eigenvalue weighted by atomic mass is 16.4. The summed E-state index contributed by atoms with van der Waals surface area (Å²) in [6, 6.07) is 4.22. The molecule has 0 unspecified atom stereocenters. The van der Waals surface area contributed by atoms with E-state index < -0.39 is 11.4 Å². The van der Waals surface area contributed by atoms with Gasteiger partial charge in [-0.2, -0.15) is 0 Å². The predicted molar refractivity (Wildman–Crippen MR) is 65.8 cm³/mol. The average molecular weight is 220 g/mol. The van der Waals surface area contributed by atoms with E-state index in [9.17, 15) is 4.79 Å². The summed E-state index contributed by atoms with van der Waals surface area (Å²) in [5.74, 6) is -0.744. The third kappa shape index (κ3) is 2.63. The number of hydrogen-bond acceptors (Lipinski definition) is 1. The Bertz CT molecular complexity index is 394. The number of rotatable bonds is 3. The minimum atomic E-state index is -0.744. The van der Waals surface area contributed by atoms with E-state index in [-0.39, 0.29) is 0 Å². The molecule has 1 aromatic rings. The normalized spacial score (nSPS) is 11.6. The molecule has 0 heterocycles. The van der Waals surface area contributed by atoms with Gasteiger partial charge in [-0.1, -0.05) is 17.7 Å². The van der Waals surface area contributed by atoms with Crippen LogP contribution >= 0.6 is 0 Å². The van der Waals surface area contributed by atoms with Gasteiger partial charge < -0.3 is 5.11 Å². The van der Waals surface area contributed by atoms with Crippen molar-refractivity contribution in [1.82, 2.24) is 0 Å². The SMILES string of the molecule is Cc1cc(C)c(CC(C)(C)C(=O)O)c(C)c1. The van der Waals surface area contributed by atoms with Gasteiger partial charge in [-0.3, -0.25) is 4.79 Å². The average Bonchev–Trinajstić information content (AvgIpc) is 2.11. The van der Waals surface area contributed by atoms with Crippen LogP contribution in [0.15, 0.2) is 12.1 Å². The summed E-state index contributed by atoms with van der Waals surface area (Å²) in [7, 11) is 0. The molecule has 0 aromatic heterocycles. The van der Waals surface area contributed by atoms with Crippen LogP contribution < -0.4 is 0 Å². The minimum absolute atomic E-state index is 0.584. The molecule has 0 bridgehead atoms. The summed E-state index contributed by atoms with van der Waals surface area (Å²) in [6.07, 6.45) is 0.584. The van der Waals surface area contributed by atoms with E-state index in [1.807, 2.05) is 13.8 Å². The maximum atomic E-state index is 11.1. The van der Waals surface area contributed by atoms with Crippen molar-refractivity contribution in [3.05, 3.63) is 34.4 Å². The van der Waals surface area contributed by atoms with E-state index in [4.69, 9.17) is 5.11 Å². The molecule has 88 valence electrons. The predicted octanol–water partition coefficient (Wildman–Crippen LogP) is 3.27. The van der Waals surface area contributed by atoms with E-state index in [0.717, 1.165) is 5.56 Å². The molecule has 0 saturated carbocycles. The summed E-state index contributed by atoms with van der Waals surface area (Å²) in [6.45, 7) is 9.70. The molecular formula is C14H20O2. The molecule has 2 heteroatoms. The minimum Gasteiger partial charge on any atom is -0.481 e. The van der Waals surface area contributed by atoms with Crippen molar-refractivity contribution in [2.24, 2.45) is 5.41 Å². The molecular weight excluding hydrogens is 200 g/mol. The summed E-state index contributed by atoms with van der Waals surface area (Å²) in [4.78, 5) is 11.1. The Hall–Kier alpha value is -1.31. The number of aliphatic carboxylic acids is 1. The van der Waals surface area contributed by atoms with Gasteiger partial charge in [-0.25, -0.2) is 0 Å². The number of benzene rings is 1. The number of carbonyl (C=O) groups is 1. The second-order valence-corrected chi connectivity index (χ2v) is 5.24. The maximum Gasteiger partial charge on any atom is 0.309 e. The molecule has 16 heavy (non-hydrogen) atoms. The van der Waals surface area contributed by atoms with Crippen LogP contribution in [0.3, 0.4) is 0 Å². The Morgan fingerprint density at radius 2 is 1.62 bits per heavy atom. The Kier molecular flexibility index (Phi) is 3.41. The van der Waals surface area contributed by atoms with Crippen molar-refractivity contribution < 1.29 is 9.90 Å². The van der Waals surface area contributed by atoms with Crippen molar-refractivity contribution in [3.63, 3.8) is 0 Å². The maximum absolute atomic E-state index is 11.1. The first-order chi connectivity index (χ1) is 7.24. The fraction of sp³-hybridized carbons (Fsp3) is 0.500. The van der Waals surface area contributed by atoms with Crippen LogP contribution in [-0.2, 0) is 11.2 Å². The second-order valence-electron chi connectivity index (χ2n) is 5.24. The Balaban J connectivity index is 3.11. The van der Waals surface area contributed by atoms with Crippen molar-refractivity contribution >= 4 is 5.97 Å². The molecule has 0 spiro atoms. The summed E-state index contributed by atoms with van der Waals surface area (Å²) in [5.41, 5.74) is 4.06. The largest absolute Gasteiger partial charge is 0.481 e. The van der Waals surface area contributed by atoms with Crippen LogP contribution in [0.4, 0.5) is 0 Å². The van der Waals surface area contributed by atoms with Crippen molar-refractivity contribution in [2.75, 3.05) is 0 Å². The first kappa shape index (κ1) is 12.8. The lowest BCUT2D eigenvalue weighted by Gasteiger charge is -2.22. The van der Waals surface area contributed by atoms with Gasteiger partial charge in [-0.15, -0.1) is 0 Å². The van der Waals surface area contributed by atoms with E-state index >= 15 is 0 Å². The van der Waals surface area contributed by atoms with Gasteiger partial charge in [0.05, 0.1) is 5.41 Å². The lowest BCUT2D eigenvalue weighted by molar-refractivity contribution is -0.146. The van der Waals surface area contributed by atoms with Crippen LogP contribution in [-0.4, -0.2) is 11.1 Å². The van der Waals surface area contributed by atoms with Gasteiger partial charge in [0.2, 0.25) is 0 Å². The first-order valence-electron chi connectivity index (χ1n) is 5.54. The number of hydrogen-bond donors (Lipinski definition) is 1. The second kappa shape index (κ2) is 4.28. The molecule has 0 radical (unpaired) electrons. The van der Waals surface area contributed by atoms with E-state index in [2.05, 4.69) is 19.1 Å². The van der Waals surface area contributed by atoms with Crippen LogP contribution in [0.1, 0.15) is 36.1 Å². The van der Waals surface area contributed by atoms with E-state index in [1.54, 1.807) is 13.8 Å². The fourth-order valence-electron chi connectivity index (χ4n) is 2.01. The Labute approximate surface area is 97.3 Å². The van der Waals surface area contributed by atoms with Crippen LogP contribution in [0.25, 0.3) is 0 Å². The summed E-state index contributed by atoms with van der Waals surface area (Å²) >= 11 is 0. The van der Waals surface area contributed by atoms with Crippen LogP contribution in [0.2, 0.25) is 0 Å².